The summed E-state index contributed by atoms with van der Waals surface area (Å²) in [7, 11) is 2.50. The Labute approximate surface area is 269 Å². The Morgan fingerprint density at radius 1 is 0.667 bits per heavy atom. The molecule has 45 heavy (non-hydrogen) atoms. The van der Waals surface area contributed by atoms with Crippen molar-refractivity contribution in [3.63, 3.8) is 0 Å². The molecule has 2 N–H and O–H groups in total. The number of benzene rings is 3. The number of amides is 1. The van der Waals surface area contributed by atoms with Gasteiger partial charge in [-0.3, -0.25) is 14.4 Å². The van der Waals surface area contributed by atoms with E-state index in [0.29, 0.717) is 0 Å². The average Bonchev–Trinajstić information content (AvgIpc) is 2.99. The lowest BCUT2D eigenvalue weighted by molar-refractivity contribution is -0.157. The summed E-state index contributed by atoms with van der Waals surface area (Å²) in [6.45, 7) is 2.32. The second-order valence-corrected chi connectivity index (χ2v) is 10.2. The minimum absolute atomic E-state index is 0.0120. The van der Waals surface area contributed by atoms with Gasteiger partial charge in [0.15, 0.2) is 23.0 Å². The van der Waals surface area contributed by atoms with Crippen LogP contribution in [0.1, 0.15) is 34.6 Å². The molecule has 0 spiro atoms. The van der Waals surface area contributed by atoms with Crippen molar-refractivity contribution >= 4 is 64.0 Å². The Kier molecular flexibility index (Phi) is 11.8. The van der Waals surface area contributed by atoms with Gasteiger partial charge in [0.05, 0.1) is 25.3 Å². The van der Waals surface area contributed by atoms with Gasteiger partial charge in [-0.15, -0.1) is 0 Å². The van der Waals surface area contributed by atoms with Crippen LogP contribution >= 0.6 is 22.6 Å². The van der Waals surface area contributed by atoms with E-state index in [9.17, 15) is 33.9 Å². The predicted molar refractivity (Wildman–Crippen MR) is 162 cm³/mol. The zero-order chi connectivity index (χ0) is 33.3. The topological polar surface area (TPSA) is 190 Å². The summed E-state index contributed by atoms with van der Waals surface area (Å²) in [6.07, 6.45) is -4.55. The fourth-order valence-electron chi connectivity index (χ4n) is 3.68. The Balaban J connectivity index is 1.96. The molecule has 0 heterocycles. The van der Waals surface area contributed by atoms with E-state index in [1.165, 1.54) is 50.6 Å². The van der Waals surface area contributed by atoms with E-state index < -0.39 is 48.0 Å². The van der Waals surface area contributed by atoms with Crippen molar-refractivity contribution in [1.82, 2.24) is 0 Å². The molecular formula is C30H26INO13. The molecule has 236 valence electrons. The minimum atomic E-state index is -2.34. The molecule has 14 nitrogen and oxygen atoms in total. The van der Waals surface area contributed by atoms with E-state index in [1.54, 1.807) is 12.1 Å². The zero-order valence-corrected chi connectivity index (χ0v) is 26.3. The number of anilines is 1. The van der Waals surface area contributed by atoms with Crippen LogP contribution in [0.15, 0.2) is 60.7 Å². The molecular weight excluding hydrogens is 709 g/mol. The van der Waals surface area contributed by atoms with Gasteiger partial charge < -0.3 is 38.8 Å². The van der Waals surface area contributed by atoms with Crippen LogP contribution in [0.5, 0.6) is 23.0 Å². The predicted octanol–water partition coefficient (Wildman–Crippen LogP) is 3.63. The number of ether oxygens (including phenoxy) is 6. The molecule has 0 aliphatic carbocycles. The van der Waals surface area contributed by atoms with Crippen molar-refractivity contribution in [1.29, 1.82) is 0 Å². The van der Waals surface area contributed by atoms with Crippen molar-refractivity contribution in [2.24, 2.45) is 0 Å². The van der Waals surface area contributed by atoms with E-state index in [1.807, 2.05) is 22.6 Å². The third-order valence-electron chi connectivity index (χ3n) is 5.66. The molecule has 3 aromatic rings. The number of carbonyl (C=O) groups is 6. The van der Waals surface area contributed by atoms with Gasteiger partial charge in [-0.25, -0.2) is 14.4 Å². The number of hydrogen-bond donors (Lipinski definition) is 2. The molecule has 0 fully saturated rings. The molecule has 3 aromatic carbocycles. The largest absolute Gasteiger partial charge is 0.493 e. The van der Waals surface area contributed by atoms with E-state index in [-0.39, 0.29) is 39.8 Å². The van der Waals surface area contributed by atoms with Gasteiger partial charge in [-0.1, -0.05) is 0 Å². The van der Waals surface area contributed by atoms with Crippen LogP contribution in [0.3, 0.4) is 0 Å². The normalized spacial score (nSPS) is 11.7. The molecule has 2 atom stereocenters. The standard InChI is InChI=1S/C30H26INO13/c1-15(33)42-21-11-5-17(13-23(21)40-3)29(38)44-25(27(35)32-20-9-7-19(31)8-10-20)26(28(36)37)45-30(39)18-6-12-22(43-16(2)34)24(14-18)41-4/h5-14,25-26H,1-4H3,(H,32,35)(H,36,37)/t25-,26-/m1/s1. The van der Waals surface area contributed by atoms with E-state index in [2.05, 4.69) is 5.32 Å². The fraction of sp³-hybridized carbons (Fsp3) is 0.200. The highest BCUT2D eigenvalue weighted by molar-refractivity contribution is 14.1. The van der Waals surface area contributed by atoms with Gasteiger partial charge in [0, 0.05) is 23.1 Å². The lowest BCUT2D eigenvalue weighted by Gasteiger charge is -2.24. The van der Waals surface area contributed by atoms with E-state index in [4.69, 9.17) is 28.4 Å². The summed E-state index contributed by atoms with van der Waals surface area (Å²) in [5.41, 5.74) is -0.214. The van der Waals surface area contributed by atoms with E-state index in [0.717, 1.165) is 29.6 Å². The minimum Gasteiger partial charge on any atom is -0.493 e. The molecule has 0 radical (unpaired) electrons. The van der Waals surface area contributed by atoms with Gasteiger partial charge in [0.1, 0.15) is 0 Å². The first-order valence-corrected chi connectivity index (χ1v) is 13.8. The number of methoxy groups -OCH3 is 2. The Hall–Kier alpha value is -5.19. The summed E-state index contributed by atoms with van der Waals surface area (Å²) in [5.74, 6) is -6.79. The number of hydrogen-bond acceptors (Lipinski definition) is 12. The van der Waals surface area contributed by atoms with Crippen LogP contribution in [-0.4, -0.2) is 67.3 Å². The van der Waals surface area contributed by atoms with Gasteiger partial charge in [0.2, 0.25) is 12.2 Å². The Morgan fingerprint density at radius 2 is 1.11 bits per heavy atom. The number of esters is 4. The number of halogens is 1. The summed E-state index contributed by atoms with van der Waals surface area (Å²) < 4.78 is 31.6. The lowest BCUT2D eigenvalue weighted by Crippen LogP contribution is -2.48. The van der Waals surface area contributed by atoms with Crippen LogP contribution in [0.25, 0.3) is 0 Å². The van der Waals surface area contributed by atoms with Gasteiger partial charge in [0.25, 0.3) is 5.91 Å². The first-order chi connectivity index (χ1) is 21.3. The lowest BCUT2D eigenvalue weighted by atomic mass is 10.1. The molecule has 0 aromatic heterocycles. The van der Waals surface area contributed by atoms with Crippen LogP contribution in [-0.2, 0) is 28.7 Å². The molecule has 0 unspecified atom stereocenters. The van der Waals surface area contributed by atoms with Gasteiger partial charge in [-0.05, 0) is 83.3 Å². The molecule has 0 saturated carbocycles. The third kappa shape index (κ3) is 9.40. The Morgan fingerprint density at radius 3 is 1.51 bits per heavy atom. The average molecular weight is 735 g/mol. The first-order valence-electron chi connectivity index (χ1n) is 12.8. The number of carboxylic acid groups (broad SMARTS) is 1. The molecule has 0 aliphatic heterocycles. The zero-order valence-electron chi connectivity index (χ0n) is 24.2. The van der Waals surface area contributed by atoms with Crippen molar-refractivity contribution in [2.45, 2.75) is 26.1 Å². The first kappa shape index (κ1) is 34.3. The molecule has 3 rings (SSSR count). The number of aliphatic carboxylic acids is 1. The van der Waals surface area contributed by atoms with Crippen molar-refractivity contribution < 1.29 is 62.3 Å². The Bertz CT molecular complexity index is 1620. The summed E-state index contributed by atoms with van der Waals surface area (Å²) in [6, 6.07) is 13.5. The fourth-order valence-corrected chi connectivity index (χ4v) is 4.03. The maximum Gasteiger partial charge on any atom is 0.349 e. The summed E-state index contributed by atoms with van der Waals surface area (Å²) in [4.78, 5) is 74.7. The molecule has 0 saturated heterocycles. The number of carboxylic acids is 1. The van der Waals surface area contributed by atoms with Crippen molar-refractivity contribution in [3.05, 3.63) is 75.4 Å². The maximum absolute atomic E-state index is 13.4. The van der Waals surface area contributed by atoms with Crippen LogP contribution in [0.4, 0.5) is 5.69 Å². The van der Waals surface area contributed by atoms with Crippen LogP contribution < -0.4 is 24.3 Å². The SMILES string of the molecule is COc1cc(C(=O)O[C@@H](C(=O)O)[C@@H](OC(=O)c2ccc(OC(C)=O)c(OC)c2)C(=O)Nc2ccc(I)cc2)ccc1OC(C)=O. The number of carbonyl (C=O) groups excluding carboxylic acids is 5. The number of nitrogens with one attached hydrogen (secondary N) is 1. The van der Waals surface area contributed by atoms with Crippen molar-refractivity contribution in [2.75, 3.05) is 19.5 Å². The highest BCUT2D eigenvalue weighted by Gasteiger charge is 2.41. The van der Waals surface area contributed by atoms with Gasteiger partial charge in [-0.2, -0.15) is 0 Å². The van der Waals surface area contributed by atoms with Gasteiger partial charge >= 0.3 is 29.8 Å². The molecule has 0 aliphatic rings. The summed E-state index contributed by atoms with van der Waals surface area (Å²) in [5, 5.41) is 12.5. The van der Waals surface area contributed by atoms with Crippen LogP contribution in [0.2, 0.25) is 0 Å². The molecule has 0 bridgehead atoms. The quantitative estimate of drug-likeness (QED) is 0.156. The van der Waals surface area contributed by atoms with Crippen LogP contribution in [0, 0.1) is 3.57 Å². The maximum atomic E-state index is 13.4. The smallest absolute Gasteiger partial charge is 0.349 e. The molecule has 1 amide bonds. The second-order valence-electron chi connectivity index (χ2n) is 8.90. The third-order valence-corrected chi connectivity index (χ3v) is 6.38. The second kappa shape index (κ2) is 15.5. The van der Waals surface area contributed by atoms with E-state index >= 15 is 0 Å². The monoisotopic (exact) mass is 735 g/mol. The summed E-state index contributed by atoms with van der Waals surface area (Å²) >= 11 is 2.04. The molecule has 15 heteroatoms. The number of rotatable bonds is 12. The highest BCUT2D eigenvalue weighted by atomic mass is 127. The highest BCUT2D eigenvalue weighted by Crippen LogP contribution is 2.30. The van der Waals surface area contributed by atoms with Crippen molar-refractivity contribution in [3.8, 4) is 23.0 Å².